The number of aromatic carboxylic acids is 1. The van der Waals surface area contributed by atoms with Gasteiger partial charge in [-0.25, -0.2) is 14.6 Å². The zero-order valence-corrected chi connectivity index (χ0v) is 22.9. The molecule has 0 aliphatic carbocycles. The van der Waals surface area contributed by atoms with Crippen molar-refractivity contribution in [1.82, 2.24) is 19.4 Å². The molecule has 0 radical (unpaired) electrons. The van der Waals surface area contributed by atoms with Gasteiger partial charge >= 0.3 is 12.0 Å². The van der Waals surface area contributed by atoms with E-state index < -0.39 is 5.97 Å². The number of urea groups is 1. The number of hydrogen-bond donors (Lipinski definition) is 1. The van der Waals surface area contributed by atoms with Crippen LogP contribution < -0.4 is 0 Å². The van der Waals surface area contributed by atoms with Crippen LogP contribution in [0.4, 0.5) is 4.79 Å². The van der Waals surface area contributed by atoms with Crippen LogP contribution in [0, 0.1) is 0 Å². The highest BCUT2D eigenvalue weighted by Gasteiger charge is 2.43. The smallest absolute Gasteiger partial charge is 0.335 e. The molecule has 2 aromatic heterocycles. The van der Waals surface area contributed by atoms with E-state index in [2.05, 4.69) is 16.5 Å². The van der Waals surface area contributed by atoms with E-state index in [1.807, 2.05) is 30.7 Å². The van der Waals surface area contributed by atoms with Crippen molar-refractivity contribution in [2.75, 3.05) is 6.54 Å². The molecule has 0 bridgehead atoms. The Morgan fingerprint density at radius 2 is 1.84 bits per heavy atom. The number of benzene rings is 1. The van der Waals surface area contributed by atoms with Gasteiger partial charge in [0.1, 0.15) is 11.5 Å². The first-order valence-corrected chi connectivity index (χ1v) is 14.0. The Bertz CT molecular complexity index is 1310. The summed E-state index contributed by atoms with van der Waals surface area (Å²) < 4.78 is 2.05. The maximum Gasteiger partial charge on any atom is 0.335 e. The van der Waals surface area contributed by atoms with Crippen LogP contribution in [-0.4, -0.2) is 48.9 Å². The molecule has 1 aliphatic rings. The first-order chi connectivity index (χ1) is 18.3. The summed E-state index contributed by atoms with van der Waals surface area (Å²) in [5.41, 5.74) is 3.21. The van der Waals surface area contributed by atoms with Gasteiger partial charge in [-0.15, -0.1) is 0 Å². The van der Waals surface area contributed by atoms with Crippen LogP contribution in [0.5, 0.6) is 0 Å². The standard InChI is InChI=1S/C29H34N4O4S/c1-4-6-8-26-30-17-24(32(26)18-21-9-11-22(12-10-21)28(35)36)16-25-27(34)31(14-7-5-2)29(37)33(25)20(3)23-13-15-38-19-23/h9-13,15-17,19-20H,4-8,14,18H2,1-3H3,(H,35,36)/b25-16-. The van der Waals surface area contributed by atoms with E-state index in [9.17, 15) is 19.5 Å². The minimum atomic E-state index is -0.967. The molecule has 1 N–H and O–H groups in total. The number of carboxylic acid groups (broad SMARTS) is 1. The monoisotopic (exact) mass is 534 g/mol. The molecule has 1 unspecified atom stereocenters. The number of aryl methyl sites for hydroxylation is 1. The number of imide groups is 1. The Hall–Kier alpha value is -3.72. The Morgan fingerprint density at radius 1 is 1.11 bits per heavy atom. The Balaban J connectivity index is 1.75. The fourth-order valence-electron chi connectivity index (χ4n) is 4.58. The summed E-state index contributed by atoms with van der Waals surface area (Å²) in [5.74, 6) is -0.373. The summed E-state index contributed by atoms with van der Waals surface area (Å²) in [6.45, 7) is 6.96. The number of unbranched alkanes of at least 4 members (excludes halogenated alkanes) is 2. The van der Waals surface area contributed by atoms with Gasteiger partial charge < -0.3 is 9.67 Å². The highest BCUT2D eigenvalue weighted by molar-refractivity contribution is 7.08. The molecule has 9 heteroatoms. The second-order valence-corrected chi connectivity index (χ2v) is 10.3. The maximum absolute atomic E-state index is 13.6. The van der Waals surface area contributed by atoms with Crippen LogP contribution in [0.15, 0.2) is 53.0 Å². The van der Waals surface area contributed by atoms with E-state index >= 15 is 0 Å². The lowest BCUT2D eigenvalue weighted by Crippen LogP contribution is -2.34. The van der Waals surface area contributed by atoms with Gasteiger partial charge in [0, 0.05) is 19.5 Å². The summed E-state index contributed by atoms with van der Waals surface area (Å²) >= 11 is 1.56. The number of carbonyl (C=O) groups excluding carboxylic acids is 2. The summed E-state index contributed by atoms with van der Waals surface area (Å²) in [5, 5.41) is 13.2. The predicted molar refractivity (Wildman–Crippen MR) is 148 cm³/mol. The fraction of sp³-hybridized carbons (Fsp3) is 0.379. The van der Waals surface area contributed by atoms with Gasteiger partial charge in [-0.3, -0.25) is 14.6 Å². The van der Waals surface area contributed by atoms with Crippen molar-refractivity contribution >= 4 is 35.3 Å². The van der Waals surface area contributed by atoms with Crippen LogP contribution in [-0.2, 0) is 17.8 Å². The first-order valence-electron chi connectivity index (χ1n) is 13.1. The highest BCUT2D eigenvalue weighted by Crippen LogP contribution is 2.34. The molecule has 1 saturated heterocycles. The summed E-state index contributed by atoms with van der Waals surface area (Å²) in [6.07, 6.45) is 7.92. The number of carbonyl (C=O) groups is 3. The van der Waals surface area contributed by atoms with Crippen molar-refractivity contribution < 1.29 is 19.5 Å². The van der Waals surface area contributed by atoms with Crippen LogP contribution in [0.1, 0.15) is 85.5 Å². The van der Waals surface area contributed by atoms with Crippen LogP contribution in [0.3, 0.4) is 0 Å². The second kappa shape index (κ2) is 12.2. The number of rotatable bonds is 12. The molecule has 1 aliphatic heterocycles. The first kappa shape index (κ1) is 27.3. The zero-order chi connectivity index (χ0) is 27.2. The normalized spacial score (nSPS) is 15.6. The van der Waals surface area contributed by atoms with Gasteiger partial charge in [0.15, 0.2) is 0 Å². The molecule has 3 amide bonds. The summed E-state index contributed by atoms with van der Waals surface area (Å²) in [7, 11) is 0. The molecule has 3 aromatic rings. The SMILES string of the molecule is CCCCc1ncc(/C=C2/C(=O)N(CCCC)C(=O)N2C(C)c2ccsc2)n1Cc1ccc(C(=O)O)cc1. The molecular formula is C29H34N4O4S. The molecule has 4 rings (SSSR count). The lowest BCUT2D eigenvalue weighted by molar-refractivity contribution is -0.123. The van der Waals surface area contributed by atoms with Crippen molar-refractivity contribution in [3.63, 3.8) is 0 Å². The van der Waals surface area contributed by atoms with E-state index in [0.29, 0.717) is 18.8 Å². The molecule has 1 fully saturated rings. The highest BCUT2D eigenvalue weighted by atomic mass is 32.1. The number of hydrogen-bond acceptors (Lipinski definition) is 5. The number of aromatic nitrogens is 2. The second-order valence-electron chi connectivity index (χ2n) is 9.52. The molecule has 38 heavy (non-hydrogen) atoms. The Morgan fingerprint density at radius 3 is 2.47 bits per heavy atom. The summed E-state index contributed by atoms with van der Waals surface area (Å²) in [4.78, 5) is 46.0. The predicted octanol–water partition coefficient (Wildman–Crippen LogP) is 6.20. The third-order valence-corrected chi connectivity index (χ3v) is 7.56. The third-order valence-electron chi connectivity index (χ3n) is 6.86. The maximum atomic E-state index is 13.6. The fourth-order valence-corrected chi connectivity index (χ4v) is 5.33. The molecule has 200 valence electrons. The summed E-state index contributed by atoms with van der Waals surface area (Å²) in [6, 6.07) is 8.16. The quantitative estimate of drug-likeness (QED) is 0.220. The minimum absolute atomic E-state index is 0.230. The number of amides is 3. The largest absolute Gasteiger partial charge is 0.478 e. The molecule has 0 spiro atoms. The minimum Gasteiger partial charge on any atom is -0.478 e. The van der Waals surface area contributed by atoms with E-state index in [4.69, 9.17) is 0 Å². The average Bonchev–Trinajstić information content (AvgIpc) is 3.63. The molecule has 1 aromatic carbocycles. The third kappa shape index (κ3) is 5.72. The van der Waals surface area contributed by atoms with E-state index in [0.717, 1.165) is 54.7 Å². The van der Waals surface area contributed by atoms with Crippen LogP contribution in [0.2, 0.25) is 0 Å². The molecule has 0 saturated carbocycles. The van der Waals surface area contributed by atoms with Gasteiger partial charge in [-0.1, -0.05) is 38.8 Å². The van der Waals surface area contributed by atoms with E-state index in [1.165, 1.54) is 4.90 Å². The van der Waals surface area contributed by atoms with Crippen LogP contribution in [0.25, 0.3) is 6.08 Å². The van der Waals surface area contributed by atoms with Gasteiger partial charge in [-0.2, -0.15) is 11.3 Å². The number of thiophene rings is 1. The van der Waals surface area contributed by atoms with Crippen molar-refractivity contribution in [3.05, 3.63) is 81.2 Å². The lowest BCUT2D eigenvalue weighted by Gasteiger charge is -2.24. The number of carboxylic acids is 1. The van der Waals surface area contributed by atoms with E-state index in [-0.39, 0.29) is 23.5 Å². The van der Waals surface area contributed by atoms with Gasteiger partial charge in [0.25, 0.3) is 5.91 Å². The Labute approximate surface area is 227 Å². The van der Waals surface area contributed by atoms with Crippen molar-refractivity contribution in [2.24, 2.45) is 0 Å². The van der Waals surface area contributed by atoms with Gasteiger partial charge in [0.2, 0.25) is 0 Å². The van der Waals surface area contributed by atoms with Crippen molar-refractivity contribution in [2.45, 2.75) is 65.5 Å². The average molecular weight is 535 g/mol. The van der Waals surface area contributed by atoms with Gasteiger partial charge in [-0.05, 0) is 65.9 Å². The van der Waals surface area contributed by atoms with Gasteiger partial charge in [0.05, 0.1) is 23.5 Å². The lowest BCUT2D eigenvalue weighted by atomic mass is 10.1. The molecule has 8 nitrogen and oxygen atoms in total. The molecular weight excluding hydrogens is 500 g/mol. The molecule has 3 heterocycles. The molecule has 1 atom stereocenters. The van der Waals surface area contributed by atoms with Crippen molar-refractivity contribution in [1.29, 1.82) is 0 Å². The topological polar surface area (TPSA) is 95.7 Å². The van der Waals surface area contributed by atoms with Crippen LogP contribution >= 0.6 is 11.3 Å². The van der Waals surface area contributed by atoms with E-state index in [1.54, 1.807) is 52.8 Å². The van der Waals surface area contributed by atoms with Crippen molar-refractivity contribution in [3.8, 4) is 0 Å². The zero-order valence-electron chi connectivity index (χ0n) is 22.1. The number of nitrogens with zero attached hydrogens (tertiary/aromatic N) is 4. The number of imidazole rings is 1. The Kier molecular flexibility index (Phi) is 8.78.